The Bertz CT molecular complexity index is 1280. The summed E-state index contributed by atoms with van der Waals surface area (Å²) in [5.74, 6) is 0.220. The van der Waals surface area contributed by atoms with Crippen LogP contribution in [0.1, 0.15) is 40.4 Å². The van der Waals surface area contributed by atoms with Crippen LogP contribution in [-0.4, -0.2) is 29.1 Å². The van der Waals surface area contributed by atoms with E-state index in [1.54, 1.807) is 12.1 Å². The third kappa shape index (κ3) is 6.15. The first-order chi connectivity index (χ1) is 16.6. The molecule has 0 aliphatic carbocycles. The standard InChI is InChI=1S/C29H31N3O2/c1-21(17-22-7-3-2-4-8-22)13-16-31-29(34)27-10-6-5-9-23(27)19-30-15-14-24-20-32-28-18-25(33)11-12-26(24)28/h2-12,17-18,20,30,32-33H,13-16,19H2,1H3,(H,31,34). The molecule has 34 heavy (non-hydrogen) atoms. The molecule has 0 saturated heterocycles. The molecule has 5 heteroatoms. The number of carbonyl (C=O) groups excluding carboxylic acids is 1. The molecule has 4 aromatic rings. The van der Waals surface area contributed by atoms with Crippen molar-refractivity contribution >= 4 is 22.9 Å². The molecule has 0 aliphatic rings. The highest BCUT2D eigenvalue weighted by Crippen LogP contribution is 2.22. The molecule has 0 aliphatic heterocycles. The normalized spacial score (nSPS) is 11.6. The van der Waals surface area contributed by atoms with Crippen LogP contribution < -0.4 is 10.6 Å². The molecule has 0 saturated carbocycles. The number of benzene rings is 3. The Kier molecular flexibility index (Phi) is 7.79. The van der Waals surface area contributed by atoms with Crippen molar-refractivity contribution in [3.8, 4) is 5.75 Å². The minimum Gasteiger partial charge on any atom is -0.508 e. The van der Waals surface area contributed by atoms with Gasteiger partial charge < -0.3 is 20.7 Å². The van der Waals surface area contributed by atoms with Crippen LogP contribution >= 0.6 is 0 Å². The van der Waals surface area contributed by atoms with Gasteiger partial charge in [-0.25, -0.2) is 0 Å². The molecule has 4 N–H and O–H groups in total. The van der Waals surface area contributed by atoms with Gasteiger partial charge in [-0.1, -0.05) is 60.2 Å². The lowest BCUT2D eigenvalue weighted by Crippen LogP contribution is -2.27. The number of hydrogen-bond donors (Lipinski definition) is 4. The second-order valence-corrected chi connectivity index (χ2v) is 8.53. The molecule has 0 fully saturated rings. The summed E-state index contributed by atoms with van der Waals surface area (Å²) in [5, 5.41) is 17.3. The zero-order valence-electron chi connectivity index (χ0n) is 19.5. The van der Waals surface area contributed by atoms with Crippen LogP contribution in [0.2, 0.25) is 0 Å². The van der Waals surface area contributed by atoms with Crippen molar-refractivity contribution < 1.29 is 9.90 Å². The highest BCUT2D eigenvalue weighted by Gasteiger charge is 2.10. The number of rotatable bonds is 10. The fourth-order valence-electron chi connectivity index (χ4n) is 4.10. The maximum absolute atomic E-state index is 12.8. The van der Waals surface area contributed by atoms with Gasteiger partial charge in [-0.2, -0.15) is 0 Å². The summed E-state index contributed by atoms with van der Waals surface area (Å²) in [6.07, 6.45) is 5.80. The summed E-state index contributed by atoms with van der Waals surface area (Å²) < 4.78 is 0. The lowest BCUT2D eigenvalue weighted by Gasteiger charge is -2.11. The van der Waals surface area contributed by atoms with Gasteiger partial charge in [0.05, 0.1) is 0 Å². The molecule has 1 heterocycles. The summed E-state index contributed by atoms with van der Waals surface area (Å²) in [5.41, 5.74) is 6.24. The molecule has 1 amide bonds. The number of nitrogens with one attached hydrogen (secondary N) is 3. The number of hydrogen-bond acceptors (Lipinski definition) is 3. The Morgan fingerprint density at radius 1 is 0.971 bits per heavy atom. The van der Waals surface area contributed by atoms with Crippen LogP contribution in [0.15, 0.2) is 84.6 Å². The van der Waals surface area contributed by atoms with E-state index in [1.807, 2.05) is 54.7 Å². The molecule has 3 aromatic carbocycles. The Morgan fingerprint density at radius 3 is 2.62 bits per heavy atom. The van der Waals surface area contributed by atoms with E-state index in [0.29, 0.717) is 18.7 Å². The van der Waals surface area contributed by atoms with Gasteiger partial charge in [0, 0.05) is 41.8 Å². The van der Waals surface area contributed by atoms with Crippen molar-refractivity contribution in [2.45, 2.75) is 26.3 Å². The van der Waals surface area contributed by atoms with Crippen molar-refractivity contribution in [3.63, 3.8) is 0 Å². The summed E-state index contributed by atoms with van der Waals surface area (Å²) in [6.45, 7) is 4.10. The van der Waals surface area contributed by atoms with E-state index in [4.69, 9.17) is 0 Å². The van der Waals surface area contributed by atoms with Gasteiger partial charge >= 0.3 is 0 Å². The molecule has 0 bridgehead atoms. The second-order valence-electron chi connectivity index (χ2n) is 8.53. The Labute approximate surface area is 200 Å². The molecular formula is C29H31N3O2. The first-order valence-electron chi connectivity index (χ1n) is 11.7. The van der Waals surface area contributed by atoms with Crippen LogP contribution in [0.25, 0.3) is 17.0 Å². The first-order valence-corrected chi connectivity index (χ1v) is 11.7. The number of aromatic nitrogens is 1. The number of aromatic amines is 1. The number of phenolic OH excluding ortho intramolecular Hbond substituents is 1. The number of aromatic hydroxyl groups is 1. The zero-order chi connectivity index (χ0) is 23.8. The largest absolute Gasteiger partial charge is 0.508 e. The van der Waals surface area contributed by atoms with Crippen molar-refractivity contribution in [3.05, 3.63) is 107 Å². The number of carbonyl (C=O) groups is 1. The van der Waals surface area contributed by atoms with Crippen molar-refractivity contribution in [2.75, 3.05) is 13.1 Å². The van der Waals surface area contributed by atoms with Gasteiger partial charge in [0.2, 0.25) is 0 Å². The van der Waals surface area contributed by atoms with E-state index in [9.17, 15) is 9.90 Å². The van der Waals surface area contributed by atoms with Crippen LogP contribution in [0, 0.1) is 0 Å². The van der Waals surface area contributed by atoms with E-state index >= 15 is 0 Å². The van der Waals surface area contributed by atoms with Crippen LogP contribution in [-0.2, 0) is 13.0 Å². The maximum atomic E-state index is 12.8. The third-order valence-corrected chi connectivity index (χ3v) is 5.92. The quantitative estimate of drug-likeness (QED) is 0.242. The summed E-state index contributed by atoms with van der Waals surface area (Å²) >= 11 is 0. The Morgan fingerprint density at radius 2 is 1.76 bits per heavy atom. The molecule has 0 unspecified atom stereocenters. The number of amides is 1. The predicted octanol–water partition coefficient (Wildman–Crippen LogP) is 5.43. The minimum atomic E-state index is -0.0404. The highest BCUT2D eigenvalue weighted by molar-refractivity contribution is 5.95. The summed E-state index contributed by atoms with van der Waals surface area (Å²) in [6, 6.07) is 23.3. The van der Waals surface area contributed by atoms with Crippen molar-refractivity contribution in [1.29, 1.82) is 0 Å². The van der Waals surface area contributed by atoms with Crippen LogP contribution in [0.4, 0.5) is 0 Å². The number of phenols is 1. The average molecular weight is 454 g/mol. The lowest BCUT2D eigenvalue weighted by atomic mass is 10.1. The summed E-state index contributed by atoms with van der Waals surface area (Å²) in [4.78, 5) is 16.0. The average Bonchev–Trinajstić information content (AvgIpc) is 3.24. The van der Waals surface area contributed by atoms with Crippen molar-refractivity contribution in [2.24, 2.45) is 0 Å². The van der Waals surface area contributed by atoms with E-state index in [2.05, 4.69) is 40.8 Å². The molecule has 0 atom stereocenters. The second kappa shape index (κ2) is 11.3. The van der Waals surface area contributed by atoms with Gasteiger partial charge in [0.15, 0.2) is 0 Å². The first kappa shape index (κ1) is 23.3. The Balaban J connectivity index is 1.27. The van der Waals surface area contributed by atoms with Gasteiger partial charge in [-0.3, -0.25) is 4.79 Å². The van der Waals surface area contributed by atoms with Crippen LogP contribution in [0.5, 0.6) is 5.75 Å². The smallest absolute Gasteiger partial charge is 0.251 e. The highest BCUT2D eigenvalue weighted by atomic mass is 16.3. The molecule has 0 spiro atoms. The lowest BCUT2D eigenvalue weighted by molar-refractivity contribution is 0.0953. The predicted molar refractivity (Wildman–Crippen MR) is 139 cm³/mol. The number of fused-ring (bicyclic) bond motifs is 1. The SMILES string of the molecule is CC(=Cc1ccccc1)CCNC(=O)c1ccccc1CNCCc1c[nH]c2cc(O)ccc12. The Hall–Kier alpha value is -3.83. The van der Waals surface area contributed by atoms with E-state index in [0.717, 1.165) is 35.9 Å². The van der Waals surface area contributed by atoms with E-state index < -0.39 is 0 Å². The third-order valence-electron chi connectivity index (χ3n) is 5.92. The fraction of sp³-hybridized carbons (Fsp3) is 0.207. The number of H-pyrrole nitrogens is 1. The van der Waals surface area contributed by atoms with E-state index in [-0.39, 0.29) is 11.7 Å². The van der Waals surface area contributed by atoms with Gasteiger partial charge in [-0.15, -0.1) is 0 Å². The molecule has 1 aromatic heterocycles. The van der Waals surface area contributed by atoms with Crippen LogP contribution in [0.3, 0.4) is 0 Å². The van der Waals surface area contributed by atoms with Gasteiger partial charge in [0.25, 0.3) is 5.91 Å². The molecule has 0 radical (unpaired) electrons. The topological polar surface area (TPSA) is 77.2 Å². The van der Waals surface area contributed by atoms with Gasteiger partial charge in [0.1, 0.15) is 5.75 Å². The molecular weight excluding hydrogens is 422 g/mol. The monoisotopic (exact) mass is 453 g/mol. The zero-order valence-corrected chi connectivity index (χ0v) is 19.5. The van der Waals surface area contributed by atoms with Crippen molar-refractivity contribution in [1.82, 2.24) is 15.6 Å². The van der Waals surface area contributed by atoms with Gasteiger partial charge in [-0.05, 0) is 61.2 Å². The molecule has 5 nitrogen and oxygen atoms in total. The maximum Gasteiger partial charge on any atom is 0.251 e. The minimum absolute atomic E-state index is 0.0404. The van der Waals surface area contributed by atoms with E-state index in [1.165, 1.54) is 16.7 Å². The fourth-order valence-corrected chi connectivity index (χ4v) is 4.10. The summed E-state index contributed by atoms with van der Waals surface area (Å²) in [7, 11) is 0. The molecule has 4 rings (SSSR count). The molecule has 174 valence electrons.